The number of hydrogen-bond donors (Lipinski definition) is 2. The molecule has 2 heterocycles. The van der Waals surface area contributed by atoms with Gasteiger partial charge in [-0.25, -0.2) is 4.68 Å². The van der Waals surface area contributed by atoms with Crippen molar-refractivity contribution in [3.8, 4) is 10.7 Å². The Kier molecular flexibility index (Phi) is 1.78. The van der Waals surface area contributed by atoms with Gasteiger partial charge in [-0.1, -0.05) is 6.07 Å². The predicted molar refractivity (Wildman–Crippen MR) is 50.7 cm³/mol. The Balaban J connectivity index is 2.55. The fourth-order valence-corrected chi connectivity index (χ4v) is 1.70. The molecule has 0 saturated heterocycles. The first-order valence-electron chi connectivity index (χ1n) is 3.22. The molecule has 0 fully saturated rings. The van der Waals surface area contributed by atoms with Crippen LogP contribution in [0.25, 0.3) is 10.7 Å². The zero-order valence-electron chi connectivity index (χ0n) is 6.01. The Morgan fingerprint density at radius 3 is 2.83 bits per heavy atom. The van der Waals surface area contributed by atoms with Gasteiger partial charge in [0, 0.05) is 0 Å². The van der Waals surface area contributed by atoms with Gasteiger partial charge in [0.05, 0.1) is 4.88 Å². The van der Waals surface area contributed by atoms with Gasteiger partial charge in [0.2, 0.25) is 5.16 Å². The number of aromatic nitrogens is 3. The van der Waals surface area contributed by atoms with Crippen molar-refractivity contribution in [3.63, 3.8) is 0 Å². The molecule has 0 radical (unpaired) electrons. The molecule has 0 aliphatic heterocycles. The van der Waals surface area contributed by atoms with Crippen LogP contribution in [-0.4, -0.2) is 14.9 Å². The van der Waals surface area contributed by atoms with E-state index >= 15 is 0 Å². The molecule has 0 aliphatic rings. The molecule has 2 aromatic heterocycles. The molecule has 2 N–H and O–H groups in total. The van der Waals surface area contributed by atoms with Gasteiger partial charge in [-0.15, -0.1) is 34.2 Å². The lowest BCUT2D eigenvalue weighted by atomic mass is 10.4. The Morgan fingerprint density at radius 2 is 2.33 bits per heavy atom. The van der Waals surface area contributed by atoms with E-state index < -0.39 is 0 Å². The Hall–Kier alpha value is -1.01. The van der Waals surface area contributed by atoms with Crippen molar-refractivity contribution < 1.29 is 0 Å². The van der Waals surface area contributed by atoms with E-state index in [1.54, 1.807) is 11.3 Å². The minimum absolute atomic E-state index is 0.415. The summed E-state index contributed by atoms with van der Waals surface area (Å²) in [6.07, 6.45) is 0. The lowest BCUT2D eigenvalue weighted by Crippen LogP contribution is -2.09. The SMILES string of the molecule is Nn1c(S)nnc1-c1cccs1. The van der Waals surface area contributed by atoms with Crippen molar-refractivity contribution in [3.05, 3.63) is 17.5 Å². The molecule has 12 heavy (non-hydrogen) atoms. The standard InChI is InChI=1S/C6H6N4S2/c7-10-5(8-9-6(10)11)4-2-1-3-12-4/h1-3H,7H2,(H,9,11). The summed E-state index contributed by atoms with van der Waals surface area (Å²) in [4.78, 5) is 0.991. The molecular formula is C6H6N4S2. The van der Waals surface area contributed by atoms with Crippen LogP contribution in [0.3, 0.4) is 0 Å². The largest absolute Gasteiger partial charge is 0.335 e. The minimum Gasteiger partial charge on any atom is -0.335 e. The first kappa shape index (κ1) is 7.63. The molecule has 0 spiro atoms. The molecule has 0 aliphatic carbocycles. The highest BCUT2D eigenvalue weighted by Gasteiger charge is 2.08. The number of nitrogens with zero attached hydrogens (tertiary/aromatic N) is 3. The third-order valence-electron chi connectivity index (χ3n) is 1.42. The summed E-state index contributed by atoms with van der Waals surface area (Å²) in [5.74, 6) is 6.26. The highest BCUT2D eigenvalue weighted by atomic mass is 32.1. The topological polar surface area (TPSA) is 56.7 Å². The average molecular weight is 198 g/mol. The summed E-state index contributed by atoms with van der Waals surface area (Å²) in [5.41, 5.74) is 0. The Bertz CT molecular complexity index is 378. The zero-order valence-corrected chi connectivity index (χ0v) is 7.72. The molecule has 0 amide bonds. The van der Waals surface area contributed by atoms with Crippen molar-refractivity contribution in [2.45, 2.75) is 5.16 Å². The molecule has 2 rings (SSSR count). The summed E-state index contributed by atoms with van der Waals surface area (Å²) in [7, 11) is 0. The van der Waals surface area contributed by atoms with Crippen molar-refractivity contribution in [1.29, 1.82) is 0 Å². The molecule has 6 heteroatoms. The van der Waals surface area contributed by atoms with E-state index in [1.165, 1.54) is 4.68 Å². The zero-order chi connectivity index (χ0) is 8.55. The number of nitrogens with two attached hydrogens (primary N) is 1. The maximum absolute atomic E-state index is 5.62. The summed E-state index contributed by atoms with van der Waals surface area (Å²) < 4.78 is 1.36. The van der Waals surface area contributed by atoms with Crippen LogP contribution in [0.1, 0.15) is 0 Å². The van der Waals surface area contributed by atoms with Crippen LogP contribution in [0.5, 0.6) is 0 Å². The second kappa shape index (κ2) is 2.80. The molecule has 0 aromatic carbocycles. The van der Waals surface area contributed by atoms with E-state index in [-0.39, 0.29) is 0 Å². The summed E-state index contributed by atoms with van der Waals surface area (Å²) in [5, 5.41) is 9.99. The van der Waals surface area contributed by atoms with Crippen molar-refractivity contribution >= 4 is 24.0 Å². The molecule has 0 unspecified atom stereocenters. The van der Waals surface area contributed by atoms with E-state index in [0.717, 1.165) is 4.88 Å². The predicted octanol–water partition coefficient (Wildman–Crippen LogP) is 1.01. The monoisotopic (exact) mass is 198 g/mol. The van der Waals surface area contributed by atoms with Gasteiger partial charge >= 0.3 is 0 Å². The molecular weight excluding hydrogens is 192 g/mol. The number of thiophene rings is 1. The lowest BCUT2D eigenvalue weighted by Gasteiger charge is -1.95. The van der Waals surface area contributed by atoms with Crippen molar-refractivity contribution in [2.24, 2.45) is 0 Å². The van der Waals surface area contributed by atoms with Crippen LogP contribution in [0.2, 0.25) is 0 Å². The second-order valence-corrected chi connectivity index (χ2v) is 3.52. The second-order valence-electron chi connectivity index (χ2n) is 2.17. The summed E-state index contributed by atoms with van der Waals surface area (Å²) >= 11 is 5.58. The lowest BCUT2D eigenvalue weighted by molar-refractivity contribution is 0.856. The van der Waals surface area contributed by atoms with Gasteiger partial charge in [0.15, 0.2) is 5.82 Å². The molecule has 2 aromatic rings. The third kappa shape index (κ3) is 1.09. The van der Waals surface area contributed by atoms with E-state index in [0.29, 0.717) is 11.0 Å². The van der Waals surface area contributed by atoms with E-state index in [4.69, 9.17) is 5.84 Å². The third-order valence-corrected chi connectivity index (χ3v) is 2.59. The molecule has 4 nitrogen and oxygen atoms in total. The van der Waals surface area contributed by atoms with Crippen LogP contribution < -0.4 is 5.84 Å². The van der Waals surface area contributed by atoms with Gasteiger partial charge in [0.1, 0.15) is 0 Å². The average Bonchev–Trinajstić information content (AvgIpc) is 2.64. The Labute approximate surface area is 78.4 Å². The Morgan fingerprint density at radius 1 is 1.50 bits per heavy atom. The molecule has 62 valence electrons. The van der Waals surface area contributed by atoms with Gasteiger partial charge < -0.3 is 5.84 Å². The first-order chi connectivity index (χ1) is 5.79. The summed E-state index contributed by atoms with van der Waals surface area (Å²) in [6, 6.07) is 3.87. The first-order valence-corrected chi connectivity index (χ1v) is 4.55. The fraction of sp³-hybridized carbons (Fsp3) is 0. The van der Waals surface area contributed by atoms with Gasteiger partial charge in [-0.2, -0.15) is 0 Å². The molecule has 0 atom stereocenters. The maximum Gasteiger partial charge on any atom is 0.207 e. The highest BCUT2D eigenvalue weighted by Crippen LogP contribution is 2.22. The van der Waals surface area contributed by atoms with Crippen molar-refractivity contribution in [2.75, 3.05) is 5.84 Å². The fourth-order valence-electron chi connectivity index (χ4n) is 0.857. The smallest absolute Gasteiger partial charge is 0.207 e. The van der Waals surface area contributed by atoms with E-state index in [9.17, 15) is 0 Å². The molecule has 0 saturated carbocycles. The van der Waals surface area contributed by atoms with E-state index in [1.807, 2.05) is 17.5 Å². The summed E-state index contributed by atoms with van der Waals surface area (Å²) in [6.45, 7) is 0. The quantitative estimate of drug-likeness (QED) is 0.531. The van der Waals surface area contributed by atoms with Crippen LogP contribution in [-0.2, 0) is 0 Å². The minimum atomic E-state index is 0.415. The normalized spacial score (nSPS) is 10.4. The van der Waals surface area contributed by atoms with Gasteiger partial charge in [-0.05, 0) is 11.4 Å². The van der Waals surface area contributed by atoms with Crippen LogP contribution in [0.15, 0.2) is 22.7 Å². The maximum atomic E-state index is 5.62. The molecule has 0 bridgehead atoms. The highest BCUT2D eigenvalue weighted by molar-refractivity contribution is 7.80. The van der Waals surface area contributed by atoms with Crippen LogP contribution in [0, 0.1) is 0 Å². The van der Waals surface area contributed by atoms with Crippen LogP contribution >= 0.6 is 24.0 Å². The van der Waals surface area contributed by atoms with Crippen LogP contribution in [0.4, 0.5) is 0 Å². The number of nitrogen functional groups attached to an aromatic ring is 1. The van der Waals surface area contributed by atoms with Gasteiger partial charge in [0.25, 0.3) is 0 Å². The number of thiol groups is 1. The number of rotatable bonds is 1. The number of hydrogen-bond acceptors (Lipinski definition) is 5. The van der Waals surface area contributed by atoms with E-state index in [2.05, 4.69) is 22.8 Å². The van der Waals surface area contributed by atoms with Gasteiger partial charge in [-0.3, -0.25) is 0 Å². The van der Waals surface area contributed by atoms with Crippen molar-refractivity contribution in [1.82, 2.24) is 14.9 Å².